The molecule has 42 heavy (non-hydrogen) atoms. The Morgan fingerprint density at radius 1 is 0.929 bits per heavy atom. The van der Waals surface area contributed by atoms with Gasteiger partial charge in [0.15, 0.2) is 11.6 Å². The Labute approximate surface area is 252 Å². The number of hydrogen-bond donors (Lipinski definition) is 3. The molecule has 6 nitrogen and oxygen atoms in total. The van der Waals surface area contributed by atoms with Gasteiger partial charge in [-0.1, -0.05) is 89.6 Å². The van der Waals surface area contributed by atoms with Gasteiger partial charge in [-0.15, -0.1) is 0 Å². The Bertz CT molecular complexity index is 1610. The van der Waals surface area contributed by atoms with Gasteiger partial charge < -0.3 is 15.7 Å². The molecular formula is C35H37ClN2O4. The molecule has 1 amide bonds. The lowest BCUT2D eigenvalue weighted by Crippen LogP contribution is -2.36. The van der Waals surface area contributed by atoms with Gasteiger partial charge in [0.1, 0.15) is 11.7 Å². The zero-order valence-corrected chi connectivity index (χ0v) is 25.6. The number of amides is 1. The largest absolute Gasteiger partial charge is 0.507 e. The molecular weight excluding hydrogens is 548 g/mol. The molecule has 2 aliphatic rings. The number of anilines is 2. The van der Waals surface area contributed by atoms with E-state index >= 15 is 0 Å². The van der Waals surface area contributed by atoms with Crippen LogP contribution in [0.1, 0.15) is 90.9 Å². The highest BCUT2D eigenvalue weighted by Gasteiger charge is 2.43. The van der Waals surface area contributed by atoms with Crippen molar-refractivity contribution in [1.29, 1.82) is 0 Å². The van der Waals surface area contributed by atoms with Gasteiger partial charge in [-0.3, -0.25) is 14.4 Å². The molecule has 0 saturated heterocycles. The second-order valence-corrected chi connectivity index (χ2v) is 13.7. The summed E-state index contributed by atoms with van der Waals surface area (Å²) in [6.07, 6.45) is 4.46. The highest BCUT2D eigenvalue weighted by molar-refractivity contribution is 6.33. The van der Waals surface area contributed by atoms with Gasteiger partial charge in [-0.2, -0.15) is 0 Å². The predicted octanol–water partition coefficient (Wildman–Crippen LogP) is 7.71. The molecule has 1 aliphatic heterocycles. The Morgan fingerprint density at radius 3 is 2.21 bits per heavy atom. The molecule has 0 fully saturated rings. The third-order valence-corrected chi connectivity index (χ3v) is 8.26. The summed E-state index contributed by atoms with van der Waals surface area (Å²) < 4.78 is 0. The van der Waals surface area contributed by atoms with Crippen molar-refractivity contribution in [1.82, 2.24) is 0 Å². The molecule has 1 heterocycles. The molecule has 7 heteroatoms. The standard InChI is InChI=1S/C35H37ClN2O4/c1-34(2,3)24-16-19(17-25(33(24)42)35(4,5)6)10-15-28(39)37-27-9-7-8-20-11-14-26(38-30(20)27)29-31(40)22-13-12-21(36)18-23(22)32(29)41/h7-9,11-14,16-18,26,29,38,42H,10,15H2,1-6H3,(H,37,39). The lowest BCUT2D eigenvalue weighted by atomic mass is 9.78. The lowest BCUT2D eigenvalue weighted by Gasteiger charge is -2.28. The summed E-state index contributed by atoms with van der Waals surface area (Å²) in [6.45, 7) is 12.4. The first-order chi connectivity index (χ1) is 19.6. The molecule has 1 aliphatic carbocycles. The molecule has 3 aromatic carbocycles. The van der Waals surface area contributed by atoms with Crippen LogP contribution in [0.25, 0.3) is 6.08 Å². The third-order valence-electron chi connectivity index (χ3n) is 8.03. The number of fused-ring (bicyclic) bond motifs is 2. The normalized spacial score (nSPS) is 18.0. The number of ketones is 2. The van der Waals surface area contributed by atoms with Gasteiger partial charge in [0.2, 0.25) is 5.91 Å². The molecule has 3 aromatic rings. The van der Waals surface area contributed by atoms with Crippen molar-refractivity contribution in [2.45, 2.75) is 71.3 Å². The number of benzene rings is 3. The molecule has 0 radical (unpaired) electrons. The van der Waals surface area contributed by atoms with Crippen LogP contribution in [-0.2, 0) is 22.0 Å². The fourth-order valence-corrected chi connectivity index (χ4v) is 5.93. The number of para-hydroxylation sites is 1. The molecule has 2 unspecified atom stereocenters. The van der Waals surface area contributed by atoms with Gasteiger partial charge in [-0.05, 0) is 63.8 Å². The molecule has 0 aromatic heterocycles. The van der Waals surface area contributed by atoms with E-state index in [4.69, 9.17) is 11.6 Å². The minimum absolute atomic E-state index is 0.158. The summed E-state index contributed by atoms with van der Waals surface area (Å²) in [5, 5.41) is 17.8. The number of phenols is 1. The number of carbonyl (C=O) groups is 3. The maximum Gasteiger partial charge on any atom is 0.224 e. The smallest absolute Gasteiger partial charge is 0.224 e. The predicted molar refractivity (Wildman–Crippen MR) is 169 cm³/mol. The Hall–Kier alpha value is -3.90. The Kier molecular flexibility index (Phi) is 7.56. The SMILES string of the molecule is CC(C)(C)c1cc(CCC(=O)Nc2cccc3c2NC(C2C(=O)c4ccc(Cl)cc4C2=O)C=C3)cc(C(C)(C)C)c1O. The molecule has 3 N–H and O–H groups in total. The number of aryl methyl sites for hydroxylation is 1. The molecule has 0 bridgehead atoms. The van der Waals surface area contributed by atoms with Gasteiger partial charge in [0, 0.05) is 22.6 Å². The number of halogens is 1. The van der Waals surface area contributed by atoms with E-state index in [1.165, 1.54) is 0 Å². The van der Waals surface area contributed by atoms with Crippen molar-refractivity contribution in [3.63, 3.8) is 0 Å². The van der Waals surface area contributed by atoms with Crippen LogP contribution in [0.5, 0.6) is 5.75 Å². The fraction of sp³-hybridized carbons (Fsp3) is 0.343. The first kappa shape index (κ1) is 29.6. The van der Waals surface area contributed by atoms with Gasteiger partial charge in [0.25, 0.3) is 0 Å². The van der Waals surface area contributed by atoms with E-state index < -0.39 is 12.0 Å². The zero-order chi connectivity index (χ0) is 30.6. The highest BCUT2D eigenvalue weighted by atomic mass is 35.5. The van der Waals surface area contributed by atoms with Crippen LogP contribution in [0.2, 0.25) is 5.02 Å². The molecule has 0 spiro atoms. The van der Waals surface area contributed by atoms with Crippen molar-refractivity contribution in [3.05, 3.63) is 93.0 Å². The van der Waals surface area contributed by atoms with E-state index in [1.54, 1.807) is 18.2 Å². The van der Waals surface area contributed by atoms with Crippen LogP contribution < -0.4 is 10.6 Å². The second-order valence-electron chi connectivity index (χ2n) is 13.3. The molecule has 2 atom stereocenters. The summed E-state index contributed by atoms with van der Waals surface area (Å²) >= 11 is 6.09. The minimum atomic E-state index is -0.907. The number of Topliss-reactive ketones (excluding diaryl/α,β-unsaturated/α-hetero) is 2. The van der Waals surface area contributed by atoms with E-state index in [9.17, 15) is 19.5 Å². The third kappa shape index (κ3) is 5.60. The fourth-order valence-electron chi connectivity index (χ4n) is 5.76. The number of nitrogens with one attached hydrogen (secondary N) is 2. The summed E-state index contributed by atoms with van der Waals surface area (Å²) in [7, 11) is 0. The molecule has 218 valence electrons. The average Bonchev–Trinajstić information content (AvgIpc) is 3.15. The quantitative estimate of drug-likeness (QED) is 0.267. The number of carbonyl (C=O) groups excluding carboxylic acids is 3. The second kappa shape index (κ2) is 10.7. The van der Waals surface area contributed by atoms with Gasteiger partial charge in [0.05, 0.1) is 17.4 Å². The first-order valence-electron chi connectivity index (χ1n) is 14.3. The van der Waals surface area contributed by atoms with Gasteiger partial charge >= 0.3 is 0 Å². The first-order valence-corrected chi connectivity index (χ1v) is 14.7. The van der Waals surface area contributed by atoms with E-state index in [0.717, 1.165) is 22.3 Å². The molecule has 5 rings (SSSR count). The minimum Gasteiger partial charge on any atom is -0.507 e. The number of aromatic hydroxyl groups is 1. The maximum absolute atomic E-state index is 13.2. The highest BCUT2D eigenvalue weighted by Crippen LogP contribution is 2.41. The van der Waals surface area contributed by atoms with Crippen LogP contribution in [0.3, 0.4) is 0 Å². The Balaban J connectivity index is 1.33. The zero-order valence-electron chi connectivity index (χ0n) is 24.9. The Morgan fingerprint density at radius 2 is 1.57 bits per heavy atom. The van der Waals surface area contributed by atoms with E-state index in [2.05, 4.69) is 52.2 Å². The van der Waals surface area contributed by atoms with E-state index in [-0.39, 0.29) is 34.7 Å². The van der Waals surface area contributed by atoms with Crippen LogP contribution in [0, 0.1) is 5.92 Å². The number of rotatable bonds is 5. The monoisotopic (exact) mass is 584 g/mol. The van der Waals surface area contributed by atoms with Crippen LogP contribution in [-0.4, -0.2) is 28.6 Å². The lowest BCUT2D eigenvalue weighted by molar-refractivity contribution is -0.116. The maximum atomic E-state index is 13.2. The van der Waals surface area contributed by atoms with Crippen molar-refractivity contribution < 1.29 is 19.5 Å². The summed E-state index contributed by atoms with van der Waals surface area (Å²) in [5.74, 6) is -1.25. The van der Waals surface area contributed by atoms with Crippen molar-refractivity contribution in [2.75, 3.05) is 10.6 Å². The summed E-state index contributed by atoms with van der Waals surface area (Å²) in [4.78, 5) is 39.6. The van der Waals surface area contributed by atoms with Crippen LogP contribution in [0.15, 0.2) is 54.6 Å². The molecule has 0 saturated carbocycles. The summed E-state index contributed by atoms with van der Waals surface area (Å²) in [5.41, 5.74) is 5.05. The van der Waals surface area contributed by atoms with Gasteiger partial charge in [-0.25, -0.2) is 0 Å². The topological polar surface area (TPSA) is 95.5 Å². The van der Waals surface area contributed by atoms with Crippen LogP contribution >= 0.6 is 11.6 Å². The average molecular weight is 585 g/mol. The number of hydrogen-bond acceptors (Lipinski definition) is 5. The van der Waals surface area contributed by atoms with Crippen molar-refractivity contribution in [2.24, 2.45) is 5.92 Å². The van der Waals surface area contributed by atoms with Crippen LogP contribution in [0.4, 0.5) is 11.4 Å². The van der Waals surface area contributed by atoms with Crippen molar-refractivity contribution in [3.8, 4) is 5.75 Å². The van der Waals surface area contributed by atoms with E-state index in [1.807, 2.05) is 42.5 Å². The van der Waals surface area contributed by atoms with Crippen molar-refractivity contribution >= 4 is 46.5 Å². The van der Waals surface area contributed by atoms with E-state index in [0.29, 0.717) is 39.7 Å². The summed E-state index contributed by atoms with van der Waals surface area (Å²) in [6, 6.07) is 13.8. The number of phenolic OH excluding ortho intramolecular Hbond substituents is 1.